The number of hydrogen-bond acceptors (Lipinski definition) is 6. The number of hydrogen-bond donors (Lipinski definition) is 3. The third kappa shape index (κ3) is 4.80. The molecule has 35 heavy (non-hydrogen) atoms. The molecule has 3 aromatic carbocycles. The number of fused-ring (bicyclic) bond motifs is 1. The van der Waals surface area contributed by atoms with Crippen molar-refractivity contribution in [3.05, 3.63) is 89.7 Å². The third-order valence-corrected chi connectivity index (χ3v) is 6.90. The molecular weight excluding hydrogens is 478 g/mol. The lowest BCUT2D eigenvalue weighted by molar-refractivity contribution is 0.0951. The molecule has 0 spiro atoms. The van der Waals surface area contributed by atoms with Gasteiger partial charge in [-0.25, -0.2) is 4.98 Å². The molecule has 6 nitrogen and oxygen atoms in total. The number of rotatable bonds is 4. The molecule has 5 rings (SSSR count). The monoisotopic (exact) mass is 499 g/mol. The molecule has 174 valence electrons. The number of phenols is 1. The minimum absolute atomic E-state index is 0.110. The van der Waals surface area contributed by atoms with Crippen LogP contribution in [-0.4, -0.2) is 21.1 Å². The predicted molar refractivity (Wildman–Crippen MR) is 144 cm³/mol. The first-order chi connectivity index (χ1) is 16.9. The zero-order chi connectivity index (χ0) is 24.5. The van der Waals surface area contributed by atoms with Crippen molar-refractivity contribution in [3.8, 4) is 27.6 Å². The highest BCUT2D eigenvalue weighted by Gasteiger charge is 2.16. The molecule has 0 fully saturated rings. The first-order valence-corrected chi connectivity index (χ1v) is 12.1. The molecule has 0 aliphatic carbocycles. The molecular formula is C27H21N3O3S2. The number of phenolic OH excluding ortho intramolecular Hbond substituents is 1. The molecule has 0 atom stereocenters. The summed E-state index contributed by atoms with van der Waals surface area (Å²) in [5.41, 5.74) is 5.29. The lowest BCUT2D eigenvalue weighted by Crippen LogP contribution is -2.33. The highest BCUT2D eigenvalue weighted by atomic mass is 32.1. The van der Waals surface area contributed by atoms with Crippen molar-refractivity contribution in [2.75, 3.05) is 5.32 Å². The van der Waals surface area contributed by atoms with E-state index in [1.54, 1.807) is 30.3 Å². The Balaban J connectivity index is 1.29. The van der Waals surface area contributed by atoms with E-state index in [9.17, 15) is 9.90 Å². The van der Waals surface area contributed by atoms with Crippen molar-refractivity contribution >= 4 is 50.5 Å². The van der Waals surface area contributed by atoms with Crippen molar-refractivity contribution in [1.82, 2.24) is 10.3 Å². The van der Waals surface area contributed by atoms with Crippen LogP contribution in [0, 0.1) is 13.8 Å². The fourth-order valence-electron chi connectivity index (χ4n) is 3.61. The maximum atomic E-state index is 12.7. The summed E-state index contributed by atoms with van der Waals surface area (Å²) >= 11 is 6.82. The standard InChI is InChI=1S/C27H21N3O3S2/c1-15-7-8-17(13-16(15)2)22-11-12-23(33-22)25(32)30-27(34)28-18-9-10-21(31)19(14-18)26-29-20-5-3-4-6-24(20)35-26/h3-14,31H,1-2H3,(H2,28,30,32,34). The number of thiocarbonyl (C=S) groups is 1. The van der Waals surface area contributed by atoms with E-state index in [2.05, 4.69) is 15.6 Å². The van der Waals surface area contributed by atoms with Crippen LogP contribution < -0.4 is 10.6 Å². The van der Waals surface area contributed by atoms with Crippen LogP contribution in [0.4, 0.5) is 5.69 Å². The minimum Gasteiger partial charge on any atom is -0.507 e. The largest absolute Gasteiger partial charge is 0.507 e. The number of aromatic nitrogens is 1. The Hall–Kier alpha value is -4.01. The fourth-order valence-corrected chi connectivity index (χ4v) is 4.81. The van der Waals surface area contributed by atoms with Crippen LogP contribution in [0.15, 0.2) is 77.2 Å². The van der Waals surface area contributed by atoms with Crippen molar-refractivity contribution < 1.29 is 14.3 Å². The second-order valence-electron chi connectivity index (χ2n) is 8.09. The fraction of sp³-hybridized carbons (Fsp3) is 0.0741. The highest BCUT2D eigenvalue weighted by Crippen LogP contribution is 2.36. The summed E-state index contributed by atoms with van der Waals surface area (Å²) < 4.78 is 6.79. The second-order valence-corrected chi connectivity index (χ2v) is 9.53. The Labute approximate surface area is 211 Å². The van der Waals surface area contributed by atoms with Gasteiger partial charge in [0.15, 0.2) is 10.9 Å². The van der Waals surface area contributed by atoms with E-state index in [-0.39, 0.29) is 16.6 Å². The Morgan fingerprint density at radius 1 is 1.00 bits per heavy atom. The molecule has 0 aliphatic rings. The van der Waals surface area contributed by atoms with Crippen LogP contribution in [0.2, 0.25) is 0 Å². The minimum atomic E-state index is -0.456. The van der Waals surface area contributed by atoms with E-state index in [1.807, 2.05) is 56.3 Å². The molecule has 2 aromatic heterocycles. The van der Waals surface area contributed by atoms with Crippen LogP contribution >= 0.6 is 23.6 Å². The molecule has 0 aliphatic heterocycles. The van der Waals surface area contributed by atoms with E-state index in [1.165, 1.54) is 16.9 Å². The summed E-state index contributed by atoms with van der Waals surface area (Å²) in [6.45, 7) is 4.08. The SMILES string of the molecule is Cc1ccc(-c2ccc(C(=O)NC(=S)Nc3ccc(O)c(-c4nc5ccccc5s4)c3)o2)cc1C. The summed E-state index contributed by atoms with van der Waals surface area (Å²) in [4.78, 5) is 17.3. The first-order valence-electron chi connectivity index (χ1n) is 10.9. The summed E-state index contributed by atoms with van der Waals surface area (Å²) in [7, 11) is 0. The van der Waals surface area contributed by atoms with E-state index < -0.39 is 5.91 Å². The summed E-state index contributed by atoms with van der Waals surface area (Å²) in [5.74, 6) is 0.418. The zero-order valence-electron chi connectivity index (χ0n) is 19.0. The van der Waals surface area contributed by atoms with Gasteiger partial charge in [-0.1, -0.05) is 24.3 Å². The Morgan fingerprint density at radius 2 is 1.83 bits per heavy atom. The average Bonchev–Trinajstić information content (AvgIpc) is 3.49. The van der Waals surface area contributed by atoms with Gasteiger partial charge in [0.2, 0.25) is 0 Å². The highest BCUT2D eigenvalue weighted by molar-refractivity contribution is 7.80. The van der Waals surface area contributed by atoms with E-state index in [0.29, 0.717) is 22.0 Å². The van der Waals surface area contributed by atoms with Gasteiger partial charge in [-0.05, 0) is 85.7 Å². The van der Waals surface area contributed by atoms with Crippen molar-refractivity contribution in [3.63, 3.8) is 0 Å². The van der Waals surface area contributed by atoms with Gasteiger partial charge in [0.1, 0.15) is 16.5 Å². The Bertz CT molecular complexity index is 1550. The molecule has 8 heteroatoms. The molecule has 3 N–H and O–H groups in total. The van der Waals surface area contributed by atoms with Gasteiger partial charge in [0.25, 0.3) is 5.91 Å². The van der Waals surface area contributed by atoms with Gasteiger partial charge in [0.05, 0.1) is 15.8 Å². The predicted octanol–water partition coefficient (Wildman–Crippen LogP) is 6.67. The van der Waals surface area contributed by atoms with Crippen molar-refractivity contribution in [2.45, 2.75) is 13.8 Å². The average molecular weight is 500 g/mol. The number of amides is 1. The van der Waals surface area contributed by atoms with Crippen LogP contribution in [-0.2, 0) is 0 Å². The number of nitrogens with one attached hydrogen (secondary N) is 2. The number of furan rings is 1. The lowest BCUT2D eigenvalue weighted by atomic mass is 10.1. The Kier molecular flexibility index (Phi) is 6.07. The number of aryl methyl sites for hydroxylation is 2. The van der Waals surface area contributed by atoms with Gasteiger partial charge in [-0.15, -0.1) is 11.3 Å². The number of aromatic hydroxyl groups is 1. The quantitative estimate of drug-likeness (QED) is 0.189. The topological polar surface area (TPSA) is 87.4 Å². The van der Waals surface area contributed by atoms with Gasteiger partial charge < -0.3 is 14.8 Å². The number of nitrogens with zero attached hydrogens (tertiary/aromatic N) is 1. The van der Waals surface area contributed by atoms with E-state index >= 15 is 0 Å². The summed E-state index contributed by atoms with van der Waals surface area (Å²) in [5, 5.41) is 16.8. The third-order valence-electron chi connectivity index (χ3n) is 5.63. The number of thiazole rings is 1. The number of carbonyl (C=O) groups excluding carboxylic acids is 1. The van der Waals surface area contributed by atoms with E-state index in [0.717, 1.165) is 21.3 Å². The summed E-state index contributed by atoms with van der Waals surface area (Å²) in [6.07, 6.45) is 0. The van der Waals surface area contributed by atoms with Gasteiger partial charge in [-0.3, -0.25) is 10.1 Å². The van der Waals surface area contributed by atoms with Crippen molar-refractivity contribution in [1.29, 1.82) is 0 Å². The van der Waals surface area contributed by atoms with E-state index in [4.69, 9.17) is 16.6 Å². The molecule has 0 unspecified atom stereocenters. The smallest absolute Gasteiger partial charge is 0.293 e. The molecule has 0 bridgehead atoms. The van der Waals surface area contributed by atoms with Crippen molar-refractivity contribution in [2.24, 2.45) is 0 Å². The second kappa shape index (κ2) is 9.32. The summed E-state index contributed by atoms with van der Waals surface area (Å²) in [6, 6.07) is 22.2. The number of para-hydroxylation sites is 1. The number of carbonyl (C=O) groups is 1. The van der Waals surface area contributed by atoms with Gasteiger partial charge in [-0.2, -0.15) is 0 Å². The maximum absolute atomic E-state index is 12.7. The Morgan fingerprint density at radius 3 is 2.63 bits per heavy atom. The van der Waals surface area contributed by atoms with Crippen LogP contribution in [0.25, 0.3) is 32.1 Å². The maximum Gasteiger partial charge on any atom is 0.293 e. The number of benzene rings is 3. The van der Waals surface area contributed by atoms with Crippen LogP contribution in [0.5, 0.6) is 5.75 Å². The normalized spacial score (nSPS) is 10.9. The van der Waals surface area contributed by atoms with Gasteiger partial charge >= 0.3 is 0 Å². The van der Waals surface area contributed by atoms with Crippen LogP contribution in [0.1, 0.15) is 21.7 Å². The molecule has 5 aromatic rings. The molecule has 0 radical (unpaired) electrons. The molecule has 2 heterocycles. The first kappa shape index (κ1) is 22.8. The molecule has 0 saturated heterocycles. The lowest BCUT2D eigenvalue weighted by Gasteiger charge is -2.10. The molecule has 1 amide bonds. The molecule has 0 saturated carbocycles. The number of anilines is 1. The zero-order valence-corrected chi connectivity index (χ0v) is 20.6. The van der Waals surface area contributed by atoms with Crippen LogP contribution in [0.3, 0.4) is 0 Å². The van der Waals surface area contributed by atoms with Gasteiger partial charge in [0, 0.05) is 11.3 Å².